The minimum absolute atomic E-state index is 0.130. The van der Waals surface area contributed by atoms with Crippen LogP contribution < -0.4 is 16.0 Å². The molecule has 0 fully saturated rings. The molecule has 29 heavy (non-hydrogen) atoms. The van der Waals surface area contributed by atoms with Crippen molar-refractivity contribution >= 4 is 29.1 Å². The molecule has 7 nitrogen and oxygen atoms in total. The first kappa shape index (κ1) is 20.0. The fourth-order valence-corrected chi connectivity index (χ4v) is 2.78. The van der Waals surface area contributed by atoms with Crippen LogP contribution in [-0.4, -0.2) is 21.8 Å². The number of aromatic nitrogens is 2. The van der Waals surface area contributed by atoms with E-state index in [-0.39, 0.29) is 11.8 Å². The lowest BCUT2D eigenvalue weighted by Gasteiger charge is -2.10. The fourth-order valence-electron chi connectivity index (χ4n) is 2.78. The molecule has 0 unspecified atom stereocenters. The van der Waals surface area contributed by atoms with Crippen molar-refractivity contribution < 1.29 is 9.59 Å². The standard InChI is InChI=1S/C22H23N5O2/c1-14-6-4-5-7-17(14)13-23-21(29)20-12-15(2)24-22(27-20)26-19-10-8-18(9-11-19)25-16(3)28/h4-12H,13H2,1-3H3,(H,23,29)(H,25,28)(H,24,26,27). The fraction of sp³-hybridized carbons (Fsp3) is 0.182. The number of rotatable bonds is 6. The topological polar surface area (TPSA) is 96.0 Å². The Morgan fingerprint density at radius 3 is 2.31 bits per heavy atom. The summed E-state index contributed by atoms with van der Waals surface area (Å²) in [5, 5.41) is 8.70. The molecule has 2 amide bonds. The van der Waals surface area contributed by atoms with E-state index in [2.05, 4.69) is 25.9 Å². The maximum atomic E-state index is 12.6. The van der Waals surface area contributed by atoms with E-state index in [4.69, 9.17) is 0 Å². The average molecular weight is 389 g/mol. The molecule has 1 aromatic heterocycles. The van der Waals surface area contributed by atoms with E-state index >= 15 is 0 Å². The zero-order chi connectivity index (χ0) is 20.8. The van der Waals surface area contributed by atoms with Crippen LogP contribution in [0.3, 0.4) is 0 Å². The van der Waals surface area contributed by atoms with E-state index in [0.29, 0.717) is 29.6 Å². The highest BCUT2D eigenvalue weighted by atomic mass is 16.2. The Labute approximate surface area is 169 Å². The first-order valence-corrected chi connectivity index (χ1v) is 9.24. The molecule has 0 spiro atoms. The van der Waals surface area contributed by atoms with Crippen molar-refractivity contribution in [2.24, 2.45) is 0 Å². The van der Waals surface area contributed by atoms with Crippen LogP contribution in [0.15, 0.2) is 54.6 Å². The van der Waals surface area contributed by atoms with Gasteiger partial charge in [-0.2, -0.15) is 0 Å². The normalized spacial score (nSPS) is 10.3. The number of carbonyl (C=O) groups is 2. The van der Waals surface area contributed by atoms with E-state index in [9.17, 15) is 9.59 Å². The molecule has 148 valence electrons. The molecule has 0 saturated carbocycles. The minimum atomic E-state index is -0.261. The summed E-state index contributed by atoms with van der Waals surface area (Å²) in [6, 6.07) is 16.7. The number of carbonyl (C=O) groups excluding carboxylic acids is 2. The molecule has 0 radical (unpaired) electrons. The van der Waals surface area contributed by atoms with E-state index in [1.54, 1.807) is 30.3 Å². The molecule has 2 aromatic carbocycles. The van der Waals surface area contributed by atoms with Gasteiger partial charge in [-0.15, -0.1) is 0 Å². The zero-order valence-corrected chi connectivity index (χ0v) is 16.6. The summed E-state index contributed by atoms with van der Waals surface area (Å²) in [5.74, 6) is -0.0600. The Hall–Kier alpha value is -3.74. The predicted octanol–water partition coefficient (Wildman–Crippen LogP) is 3.73. The Morgan fingerprint density at radius 1 is 0.931 bits per heavy atom. The summed E-state index contributed by atoms with van der Waals surface area (Å²) in [4.78, 5) is 32.3. The van der Waals surface area contributed by atoms with E-state index < -0.39 is 0 Å². The molecular formula is C22H23N5O2. The number of benzene rings is 2. The van der Waals surface area contributed by atoms with Crippen LogP contribution in [0.5, 0.6) is 0 Å². The van der Waals surface area contributed by atoms with Crippen molar-refractivity contribution in [2.75, 3.05) is 10.6 Å². The van der Waals surface area contributed by atoms with Crippen LogP contribution in [-0.2, 0) is 11.3 Å². The van der Waals surface area contributed by atoms with Crippen LogP contribution in [0.4, 0.5) is 17.3 Å². The maximum Gasteiger partial charge on any atom is 0.270 e. The molecule has 0 bridgehead atoms. The molecule has 0 saturated heterocycles. The molecule has 0 aliphatic rings. The Bertz CT molecular complexity index is 1030. The SMILES string of the molecule is CC(=O)Nc1ccc(Nc2nc(C)cc(C(=O)NCc3ccccc3C)n2)cc1. The van der Waals surface area contributed by atoms with Crippen molar-refractivity contribution in [2.45, 2.75) is 27.3 Å². The highest BCUT2D eigenvalue weighted by molar-refractivity contribution is 5.92. The second kappa shape index (κ2) is 8.97. The van der Waals surface area contributed by atoms with Crippen LogP contribution in [0.1, 0.15) is 34.2 Å². The number of hydrogen-bond acceptors (Lipinski definition) is 5. The van der Waals surface area contributed by atoms with Gasteiger partial charge >= 0.3 is 0 Å². The number of nitrogens with one attached hydrogen (secondary N) is 3. The quantitative estimate of drug-likeness (QED) is 0.597. The van der Waals surface area contributed by atoms with E-state index in [0.717, 1.165) is 16.8 Å². The molecule has 3 rings (SSSR count). The van der Waals surface area contributed by atoms with Gasteiger partial charge in [-0.1, -0.05) is 24.3 Å². The average Bonchev–Trinajstić information content (AvgIpc) is 2.68. The largest absolute Gasteiger partial charge is 0.347 e. The number of nitrogens with zero attached hydrogens (tertiary/aromatic N) is 2. The van der Waals surface area contributed by atoms with Gasteiger partial charge in [0.05, 0.1) is 0 Å². The number of aryl methyl sites for hydroxylation is 2. The third-order valence-corrected chi connectivity index (χ3v) is 4.25. The molecule has 0 aliphatic carbocycles. The van der Waals surface area contributed by atoms with Crippen molar-refractivity contribution in [1.82, 2.24) is 15.3 Å². The molecule has 1 heterocycles. The molecular weight excluding hydrogens is 366 g/mol. The second-order valence-electron chi connectivity index (χ2n) is 6.71. The van der Waals surface area contributed by atoms with Gasteiger partial charge in [-0.25, -0.2) is 9.97 Å². The lowest BCUT2D eigenvalue weighted by molar-refractivity contribution is -0.114. The highest BCUT2D eigenvalue weighted by Crippen LogP contribution is 2.17. The molecule has 3 aromatic rings. The minimum Gasteiger partial charge on any atom is -0.347 e. The van der Waals surface area contributed by atoms with Gasteiger partial charge in [-0.05, 0) is 55.3 Å². The summed E-state index contributed by atoms with van der Waals surface area (Å²) in [7, 11) is 0. The van der Waals surface area contributed by atoms with Gasteiger partial charge in [0.2, 0.25) is 11.9 Å². The van der Waals surface area contributed by atoms with E-state index in [1.807, 2.05) is 38.1 Å². The summed E-state index contributed by atoms with van der Waals surface area (Å²) >= 11 is 0. The van der Waals surface area contributed by atoms with Crippen LogP contribution in [0, 0.1) is 13.8 Å². The van der Waals surface area contributed by atoms with Gasteiger partial charge in [0.1, 0.15) is 5.69 Å². The first-order valence-electron chi connectivity index (χ1n) is 9.24. The Balaban J connectivity index is 1.69. The third-order valence-electron chi connectivity index (χ3n) is 4.25. The second-order valence-corrected chi connectivity index (χ2v) is 6.71. The number of anilines is 3. The number of hydrogen-bond donors (Lipinski definition) is 3. The third kappa shape index (κ3) is 5.62. The van der Waals surface area contributed by atoms with Gasteiger partial charge in [0.25, 0.3) is 5.91 Å². The van der Waals surface area contributed by atoms with Crippen LogP contribution in [0.2, 0.25) is 0 Å². The van der Waals surface area contributed by atoms with Crippen molar-refractivity contribution in [1.29, 1.82) is 0 Å². The van der Waals surface area contributed by atoms with Crippen molar-refractivity contribution in [3.8, 4) is 0 Å². The van der Waals surface area contributed by atoms with Crippen LogP contribution >= 0.6 is 0 Å². The molecule has 0 atom stereocenters. The lowest BCUT2D eigenvalue weighted by Crippen LogP contribution is -2.24. The predicted molar refractivity (Wildman–Crippen MR) is 113 cm³/mol. The summed E-state index contributed by atoms with van der Waals surface area (Å²) in [6.07, 6.45) is 0. The first-order chi connectivity index (χ1) is 13.9. The van der Waals surface area contributed by atoms with Gasteiger partial charge in [0, 0.05) is 30.5 Å². The molecule has 7 heteroatoms. The summed E-state index contributed by atoms with van der Waals surface area (Å²) < 4.78 is 0. The monoisotopic (exact) mass is 389 g/mol. The van der Waals surface area contributed by atoms with Crippen LogP contribution in [0.25, 0.3) is 0 Å². The smallest absolute Gasteiger partial charge is 0.270 e. The lowest BCUT2D eigenvalue weighted by atomic mass is 10.1. The number of amides is 2. The van der Waals surface area contributed by atoms with Crippen molar-refractivity contribution in [3.63, 3.8) is 0 Å². The maximum absolute atomic E-state index is 12.6. The van der Waals surface area contributed by atoms with Crippen molar-refractivity contribution in [3.05, 3.63) is 77.1 Å². The Morgan fingerprint density at radius 2 is 1.62 bits per heavy atom. The van der Waals surface area contributed by atoms with Gasteiger partial charge < -0.3 is 16.0 Å². The molecule has 0 aliphatic heterocycles. The highest BCUT2D eigenvalue weighted by Gasteiger charge is 2.11. The summed E-state index contributed by atoms with van der Waals surface area (Å²) in [6.45, 7) is 5.71. The summed E-state index contributed by atoms with van der Waals surface area (Å²) in [5.41, 5.74) is 4.60. The zero-order valence-electron chi connectivity index (χ0n) is 16.6. The van der Waals surface area contributed by atoms with Gasteiger partial charge in [0.15, 0.2) is 0 Å². The Kier molecular flexibility index (Phi) is 6.19. The molecule has 3 N–H and O–H groups in total. The van der Waals surface area contributed by atoms with E-state index in [1.165, 1.54) is 6.92 Å². The van der Waals surface area contributed by atoms with Gasteiger partial charge in [-0.3, -0.25) is 9.59 Å².